The zero-order valence-corrected chi connectivity index (χ0v) is 20.6. The minimum Gasteiger partial charge on any atom is -0.493 e. The number of nitrogens with one attached hydrogen (secondary N) is 1. The number of rotatable bonds is 6. The van der Waals surface area contributed by atoms with Gasteiger partial charge in [0.15, 0.2) is 0 Å². The quantitative estimate of drug-likeness (QED) is 0.517. The predicted octanol–water partition coefficient (Wildman–Crippen LogP) is 4.21. The zero-order chi connectivity index (χ0) is 26.2. The lowest BCUT2D eigenvalue weighted by molar-refractivity contribution is -0.274. The number of hydrogen-bond acceptors (Lipinski definition) is 7. The second kappa shape index (κ2) is 9.75. The predicted molar refractivity (Wildman–Crippen MR) is 129 cm³/mol. The first-order valence-corrected chi connectivity index (χ1v) is 11.6. The largest absolute Gasteiger partial charge is 0.573 e. The summed E-state index contributed by atoms with van der Waals surface area (Å²) in [6.07, 6.45) is -2.97. The van der Waals surface area contributed by atoms with Crippen LogP contribution in [0.4, 0.5) is 24.9 Å². The van der Waals surface area contributed by atoms with E-state index >= 15 is 0 Å². The minimum atomic E-state index is -4.75. The van der Waals surface area contributed by atoms with E-state index in [1.807, 2.05) is 18.7 Å². The number of aromatic nitrogens is 3. The highest BCUT2D eigenvalue weighted by Crippen LogP contribution is 2.34. The fourth-order valence-electron chi connectivity index (χ4n) is 4.21. The van der Waals surface area contributed by atoms with Crippen molar-refractivity contribution in [2.45, 2.75) is 46.6 Å². The Hall–Kier alpha value is -3.70. The van der Waals surface area contributed by atoms with Crippen molar-refractivity contribution in [2.24, 2.45) is 0 Å². The van der Waals surface area contributed by atoms with E-state index in [1.54, 1.807) is 28.7 Å². The van der Waals surface area contributed by atoms with Crippen molar-refractivity contribution in [3.8, 4) is 11.6 Å². The van der Waals surface area contributed by atoms with Crippen LogP contribution in [0.1, 0.15) is 37.9 Å². The topological polar surface area (TPSA) is 95.8 Å². The third-order valence-corrected chi connectivity index (χ3v) is 6.22. The van der Waals surface area contributed by atoms with Gasteiger partial charge in [0.2, 0.25) is 17.7 Å². The number of carbonyl (C=O) groups excluding carboxylic acids is 1. The molecule has 1 saturated heterocycles. The molecular weight excluding hydrogens is 477 g/mol. The molecule has 1 aliphatic rings. The third-order valence-electron chi connectivity index (χ3n) is 6.22. The van der Waals surface area contributed by atoms with E-state index in [0.29, 0.717) is 54.4 Å². The number of amides is 1. The first-order valence-electron chi connectivity index (χ1n) is 11.6. The molecule has 0 atom stereocenters. The van der Waals surface area contributed by atoms with Crippen molar-refractivity contribution >= 4 is 28.6 Å². The summed E-state index contributed by atoms with van der Waals surface area (Å²) < 4.78 is 43.3. The molecule has 0 aliphatic carbocycles. The number of anilines is 2. The van der Waals surface area contributed by atoms with Gasteiger partial charge >= 0.3 is 6.36 Å². The molecule has 0 saturated carbocycles. The van der Waals surface area contributed by atoms with Crippen LogP contribution in [0.25, 0.3) is 10.9 Å². The molecule has 2 N–H and O–H groups in total. The van der Waals surface area contributed by atoms with Crippen LogP contribution in [0.2, 0.25) is 0 Å². The summed E-state index contributed by atoms with van der Waals surface area (Å²) in [4.78, 5) is 24.8. The monoisotopic (exact) mass is 506 g/mol. The number of alkyl halides is 3. The van der Waals surface area contributed by atoms with E-state index in [0.717, 1.165) is 5.56 Å². The van der Waals surface area contributed by atoms with Gasteiger partial charge < -0.3 is 29.5 Å². The van der Waals surface area contributed by atoms with Crippen LogP contribution >= 0.6 is 0 Å². The minimum absolute atomic E-state index is 0.0157. The van der Waals surface area contributed by atoms with Crippen LogP contribution < -0.4 is 15.0 Å². The number of aromatic hydroxyl groups is 1. The van der Waals surface area contributed by atoms with Crippen molar-refractivity contribution in [1.29, 1.82) is 0 Å². The summed E-state index contributed by atoms with van der Waals surface area (Å²) in [6.45, 7) is 9.60. The van der Waals surface area contributed by atoms with Crippen molar-refractivity contribution in [3.05, 3.63) is 35.5 Å². The highest BCUT2D eigenvalue weighted by Gasteiger charge is 2.31. The van der Waals surface area contributed by atoms with Crippen LogP contribution in [0.5, 0.6) is 11.6 Å². The number of hydrogen-bond donors (Lipinski definition) is 2. The first kappa shape index (κ1) is 25.4. The van der Waals surface area contributed by atoms with Gasteiger partial charge in [-0.2, -0.15) is 4.98 Å². The van der Waals surface area contributed by atoms with Gasteiger partial charge in [-0.1, -0.05) is 6.07 Å². The number of carbonyl (C=O) groups is 1. The van der Waals surface area contributed by atoms with E-state index in [-0.39, 0.29) is 30.1 Å². The average Bonchev–Trinajstić information content (AvgIpc) is 3.14. The number of fused-ring (bicyclic) bond motifs is 1. The Balaban J connectivity index is 1.63. The molecule has 0 radical (unpaired) electrons. The molecular formula is C24H29F3N6O3. The second-order valence-corrected chi connectivity index (χ2v) is 9.07. The van der Waals surface area contributed by atoms with Crippen LogP contribution in [0, 0.1) is 6.92 Å². The normalized spacial score (nSPS) is 14.6. The maximum atomic E-state index is 12.5. The Labute approximate surface area is 206 Å². The molecule has 2 aromatic heterocycles. The van der Waals surface area contributed by atoms with Crippen LogP contribution in [-0.2, 0) is 11.3 Å². The van der Waals surface area contributed by atoms with Gasteiger partial charge in [0.1, 0.15) is 17.1 Å². The van der Waals surface area contributed by atoms with E-state index in [4.69, 9.17) is 4.98 Å². The summed E-state index contributed by atoms with van der Waals surface area (Å²) >= 11 is 0. The molecule has 9 nitrogen and oxygen atoms in total. The fraction of sp³-hybridized carbons (Fsp3) is 0.458. The maximum absolute atomic E-state index is 12.5. The molecule has 194 valence electrons. The third kappa shape index (κ3) is 5.42. The smallest absolute Gasteiger partial charge is 0.493 e. The molecule has 3 aromatic rings. The fourth-order valence-corrected chi connectivity index (χ4v) is 4.21. The van der Waals surface area contributed by atoms with Crippen molar-refractivity contribution in [3.63, 3.8) is 0 Å². The van der Waals surface area contributed by atoms with Crippen molar-refractivity contribution < 1.29 is 27.8 Å². The average molecular weight is 507 g/mol. The Kier molecular flexibility index (Phi) is 6.87. The van der Waals surface area contributed by atoms with Gasteiger partial charge in [-0.25, -0.2) is 4.98 Å². The van der Waals surface area contributed by atoms with Gasteiger partial charge in [-0.15, -0.1) is 13.2 Å². The van der Waals surface area contributed by atoms with E-state index < -0.39 is 6.36 Å². The maximum Gasteiger partial charge on any atom is 0.573 e. The Bertz CT molecular complexity index is 1270. The summed E-state index contributed by atoms with van der Waals surface area (Å²) in [6, 6.07) is 4.16. The number of benzene rings is 1. The van der Waals surface area contributed by atoms with Gasteiger partial charge in [-0.3, -0.25) is 4.79 Å². The van der Waals surface area contributed by atoms with Crippen LogP contribution in [0.3, 0.4) is 0 Å². The zero-order valence-electron chi connectivity index (χ0n) is 20.6. The molecule has 1 aromatic carbocycles. The molecule has 0 bridgehead atoms. The van der Waals surface area contributed by atoms with Crippen molar-refractivity contribution in [1.82, 2.24) is 19.4 Å². The lowest BCUT2D eigenvalue weighted by Gasteiger charge is -2.34. The molecule has 3 heterocycles. The molecule has 0 spiro atoms. The van der Waals surface area contributed by atoms with Gasteiger partial charge in [0.05, 0.1) is 5.39 Å². The number of nitrogens with zero attached hydrogens (tertiary/aromatic N) is 5. The molecule has 4 rings (SSSR count). The summed E-state index contributed by atoms with van der Waals surface area (Å²) in [7, 11) is 0. The van der Waals surface area contributed by atoms with E-state index in [2.05, 4.69) is 15.0 Å². The number of ether oxygens (including phenoxy) is 1. The molecule has 1 amide bonds. The van der Waals surface area contributed by atoms with Gasteiger partial charge in [0, 0.05) is 51.9 Å². The number of aryl methyl sites for hydroxylation is 1. The van der Waals surface area contributed by atoms with E-state index in [1.165, 1.54) is 19.1 Å². The lowest BCUT2D eigenvalue weighted by Crippen LogP contribution is -2.48. The molecule has 12 heteroatoms. The molecule has 1 aliphatic heterocycles. The number of halogens is 3. The SMILES string of the molecule is CC(=O)N1CCN(c2nc(NCc3ccc(OC(F)(F)F)cc3C)c3cn(C(C)C)c(O)c3n2)CC1. The molecule has 36 heavy (non-hydrogen) atoms. The highest BCUT2D eigenvalue weighted by molar-refractivity contribution is 5.94. The Morgan fingerprint density at radius 2 is 1.89 bits per heavy atom. The second-order valence-electron chi connectivity index (χ2n) is 9.07. The summed E-state index contributed by atoms with van der Waals surface area (Å²) in [5.74, 6) is 0.685. The van der Waals surface area contributed by atoms with Gasteiger partial charge in [0.25, 0.3) is 0 Å². The summed E-state index contributed by atoms with van der Waals surface area (Å²) in [5, 5.41) is 14.7. The summed E-state index contributed by atoms with van der Waals surface area (Å²) in [5.41, 5.74) is 1.79. The highest BCUT2D eigenvalue weighted by atomic mass is 19.4. The number of piperazine rings is 1. The standard InChI is InChI=1S/C24H29F3N6O3/c1-14(2)33-13-19-20(22(33)35)29-23(32-9-7-31(8-10-32)16(4)34)30-21(19)28-12-17-5-6-18(11-15(17)3)36-24(25,26)27/h5-6,11,13-14,35H,7-10,12H2,1-4H3,(H,28,29,30). The first-order chi connectivity index (χ1) is 16.9. The van der Waals surface area contributed by atoms with E-state index in [9.17, 15) is 23.1 Å². The molecule has 0 unspecified atom stereocenters. The molecule has 1 fully saturated rings. The van der Waals surface area contributed by atoms with Crippen LogP contribution in [-0.4, -0.2) is 63.0 Å². The lowest BCUT2D eigenvalue weighted by atomic mass is 10.1. The van der Waals surface area contributed by atoms with Crippen LogP contribution in [0.15, 0.2) is 24.4 Å². The van der Waals surface area contributed by atoms with Crippen molar-refractivity contribution in [2.75, 3.05) is 36.4 Å². The Morgan fingerprint density at radius 1 is 1.19 bits per heavy atom. The Morgan fingerprint density at radius 3 is 2.47 bits per heavy atom. The van der Waals surface area contributed by atoms with Gasteiger partial charge in [-0.05, 0) is 44.0 Å².